The van der Waals surface area contributed by atoms with E-state index >= 15 is 0 Å². The second-order valence-corrected chi connectivity index (χ2v) is 7.04. The Morgan fingerprint density at radius 1 is 1.14 bits per heavy atom. The van der Waals surface area contributed by atoms with E-state index < -0.39 is 0 Å². The molecule has 3 aliphatic carbocycles. The summed E-state index contributed by atoms with van der Waals surface area (Å²) in [6.45, 7) is 1.36. The van der Waals surface area contributed by atoms with Crippen LogP contribution < -0.4 is 10.6 Å². The Kier molecular flexibility index (Phi) is 4.32. The number of hydrogen-bond acceptors (Lipinski definition) is 3. The fraction of sp³-hybridized carbons (Fsp3) is 0.765. The zero-order chi connectivity index (χ0) is 14.7. The summed E-state index contributed by atoms with van der Waals surface area (Å²) in [4.78, 5) is 23.5. The van der Waals surface area contributed by atoms with Crippen molar-refractivity contribution < 1.29 is 9.59 Å². The van der Waals surface area contributed by atoms with E-state index in [0.717, 1.165) is 31.4 Å². The van der Waals surface area contributed by atoms with Crippen LogP contribution in [0.25, 0.3) is 0 Å². The van der Waals surface area contributed by atoms with Gasteiger partial charge in [-0.1, -0.05) is 19.3 Å². The normalized spacial score (nSPS) is 24.6. The number of rotatable bonds is 5. The molecule has 116 valence electrons. The molecule has 2 saturated carbocycles. The van der Waals surface area contributed by atoms with Gasteiger partial charge < -0.3 is 10.6 Å². The molecule has 0 radical (unpaired) electrons. The van der Waals surface area contributed by atoms with Crippen LogP contribution in [0.1, 0.15) is 57.8 Å². The molecule has 0 aromatic rings. The number of nitrogens with one attached hydrogen (secondary N) is 2. The van der Waals surface area contributed by atoms with Crippen LogP contribution in [0.3, 0.4) is 0 Å². The monoisotopic (exact) mass is 290 g/mol. The van der Waals surface area contributed by atoms with Crippen molar-refractivity contribution in [3.8, 4) is 0 Å². The Morgan fingerprint density at radius 2 is 1.90 bits per heavy atom. The van der Waals surface area contributed by atoms with Crippen molar-refractivity contribution in [1.82, 2.24) is 10.6 Å². The predicted octanol–water partition coefficient (Wildman–Crippen LogP) is 2.30. The van der Waals surface area contributed by atoms with Gasteiger partial charge in [0.25, 0.3) is 0 Å². The van der Waals surface area contributed by atoms with Gasteiger partial charge in [0.05, 0.1) is 0 Å². The van der Waals surface area contributed by atoms with Crippen molar-refractivity contribution in [3.63, 3.8) is 0 Å². The summed E-state index contributed by atoms with van der Waals surface area (Å²) >= 11 is 0. The molecule has 0 aromatic heterocycles. The number of carbonyl (C=O) groups is 2. The largest absolute Gasteiger partial charge is 0.386 e. The minimum atomic E-state index is 0.189. The molecular weight excluding hydrogens is 264 g/mol. The smallest absolute Gasteiger partial charge is 0.223 e. The highest BCUT2D eigenvalue weighted by Gasteiger charge is 2.37. The van der Waals surface area contributed by atoms with Crippen molar-refractivity contribution in [2.45, 2.75) is 57.8 Å². The average Bonchev–Trinajstić information content (AvgIpc) is 3.28. The zero-order valence-electron chi connectivity index (χ0n) is 12.7. The highest BCUT2D eigenvalue weighted by atomic mass is 16.2. The Morgan fingerprint density at radius 3 is 2.62 bits per heavy atom. The Bertz CT molecular complexity index is 446. The van der Waals surface area contributed by atoms with Crippen LogP contribution in [-0.2, 0) is 9.59 Å². The van der Waals surface area contributed by atoms with E-state index in [2.05, 4.69) is 10.6 Å². The van der Waals surface area contributed by atoms with Gasteiger partial charge in [-0.15, -0.1) is 0 Å². The lowest BCUT2D eigenvalue weighted by atomic mass is 9.66. The molecular formula is C17H26N2O2. The lowest BCUT2D eigenvalue weighted by Gasteiger charge is -2.40. The van der Waals surface area contributed by atoms with Gasteiger partial charge >= 0.3 is 0 Å². The maximum Gasteiger partial charge on any atom is 0.223 e. The van der Waals surface area contributed by atoms with E-state index in [1.165, 1.54) is 32.1 Å². The minimum absolute atomic E-state index is 0.189. The molecule has 3 aliphatic rings. The lowest BCUT2D eigenvalue weighted by Crippen LogP contribution is -2.37. The standard InChI is InChI=1S/C17H26N2O2/c20-15-10-14(11-17(12-15)6-2-1-3-7-17)18-8-9-19-16(21)13-4-5-13/h10,13,18H,1-9,11-12H2,(H,19,21). The first-order chi connectivity index (χ1) is 10.2. The van der Waals surface area contributed by atoms with Crippen LogP contribution in [0.2, 0.25) is 0 Å². The number of carbonyl (C=O) groups excluding carboxylic acids is 2. The third-order valence-electron chi connectivity index (χ3n) is 5.09. The van der Waals surface area contributed by atoms with E-state index in [9.17, 15) is 9.59 Å². The molecule has 4 nitrogen and oxygen atoms in total. The molecule has 1 spiro atoms. The van der Waals surface area contributed by atoms with Gasteiger partial charge in [0, 0.05) is 37.2 Å². The molecule has 21 heavy (non-hydrogen) atoms. The fourth-order valence-corrected chi connectivity index (χ4v) is 3.80. The number of allylic oxidation sites excluding steroid dienone is 2. The SMILES string of the molecule is O=C1C=C(NCCNC(=O)C2CC2)CC2(CCCCC2)C1. The first-order valence-corrected chi connectivity index (χ1v) is 8.42. The number of amides is 1. The van der Waals surface area contributed by atoms with E-state index in [-0.39, 0.29) is 23.0 Å². The number of hydrogen-bond donors (Lipinski definition) is 2. The molecule has 2 fully saturated rings. The molecule has 2 N–H and O–H groups in total. The summed E-state index contributed by atoms with van der Waals surface area (Å²) in [5.74, 6) is 0.730. The van der Waals surface area contributed by atoms with Gasteiger partial charge in [-0.2, -0.15) is 0 Å². The van der Waals surface area contributed by atoms with Crippen LogP contribution in [0.5, 0.6) is 0 Å². The third-order valence-corrected chi connectivity index (χ3v) is 5.09. The highest BCUT2D eigenvalue weighted by Crippen LogP contribution is 2.45. The summed E-state index contributed by atoms with van der Waals surface area (Å²) in [5.41, 5.74) is 1.30. The number of ketones is 1. The van der Waals surface area contributed by atoms with Crippen molar-refractivity contribution in [2.75, 3.05) is 13.1 Å². The van der Waals surface area contributed by atoms with Gasteiger partial charge in [0.2, 0.25) is 5.91 Å². The molecule has 3 rings (SSSR count). The fourth-order valence-electron chi connectivity index (χ4n) is 3.80. The summed E-state index contributed by atoms with van der Waals surface area (Å²) in [6.07, 6.45) is 11.8. The minimum Gasteiger partial charge on any atom is -0.386 e. The Hall–Kier alpha value is -1.32. The van der Waals surface area contributed by atoms with Crippen LogP contribution in [0.4, 0.5) is 0 Å². The quantitative estimate of drug-likeness (QED) is 0.764. The molecule has 4 heteroatoms. The van der Waals surface area contributed by atoms with E-state index in [1.807, 2.05) is 0 Å². The van der Waals surface area contributed by atoms with Gasteiger partial charge in [0.1, 0.15) is 0 Å². The van der Waals surface area contributed by atoms with E-state index in [4.69, 9.17) is 0 Å². The predicted molar refractivity (Wildman–Crippen MR) is 81.6 cm³/mol. The summed E-state index contributed by atoms with van der Waals surface area (Å²) in [7, 11) is 0. The van der Waals surface area contributed by atoms with Crippen LogP contribution in [-0.4, -0.2) is 24.8 Å². The molecule has 0 heterocycles. The summed E-state index contributed by atoms with van der Waals surface area (Å²) < 4.78 is 0. The zero-order valence-corrected chi connectivity index (χ0v) is 12.7. The maximum atomic E-state index is 12.0. The molecule has 0 aliphatic heterocycles. The third kappa shape index (κ3) is 3.86. The molecule has 1 amide bonds. The topological polar surface area (TPSA) is 58.2 Å². The lowest BCUT2D eigenvalue weighted by molar-refractivity contribution is -0.122. The van der Waals surface area contributed by atoms with E-state index in [1.54, 1.807) is 6.08 Å². The first kappa shape index (κ1) is 14.6. The molecule has 0 aromatic carbocycles. The van der Waals surface area contributed by atoms with Gasteiger partial charge in [-0.05, 0) is 37.5 Å². The van der Waals surface area contributed by atoms with Crippen molar-refractivity contribution in [1.29, 1.82) is 0 Å². The second-order valence-electron chi connectivity index (χ2n) is 7.04. The molecule has 0 bridgehead atoms. The van der Waals surface area contributed by atoms with Crippen molar-refractivity contribution in [2.24, 2.45) is 11.3 Å². The van der Waals surface area contributed by atoms with Crippen molar-refractivity contribution in [3.05, 3.63) is 11.8 Å². The molecule has 0 saturated heterocycles. The van der Waals surface area contributed by atoms with Crippen molar-refractivity contribution >= 4 is 11.7 Å². The summed E-state index contributed by atoms with van der Waals surface area (Å²) in [6, 6.07) is 0. The Balaban J connectivity index is 1.45. The van der Waals surface area contributed by atoms with Gasteiger partial charge in [0.15, 0.2) is 5.78 Å². The first-order valence-electron chi connectivity index (χ1n) is 8.42. The average molecular weight is 290 g/mol. The maximum absolute atomic E-state index is 12.0. The molecule has 0 unspecified atom stereocenters. The van der Waals surface area contributed by atoms with Crippen LogP contribution in [0, 0.1) is 11.3 Å². The second kappa shape index (κ2) is 6.20. The van der Waals surface area contributed by atoms with Crippen LogP contribution >= 0.6 is 0 Å². The highest BCUT2D eigenvalue weighted by molar-refractivity contribution is 5.91. The summed E-state index contributed by atoms with van der Waals surface area (Å²) in [5, 5.41) is 6.32. The van der Waals surface area contributed by atoms with Crippen LogP contribution in [0.15, 0.2) is 11.8 Å². The Labute approximate surface area is 126 Å². The molecule has 0 atom stereocenters. The van der Waals surface area contributed by atoms with Gasteiger partial charge in [-0.3, -0.25) is 9.59 Å². The van der Waals surface area contributed by atoms with Gasteiger partial charge in [-0.25, -0.2) is 0 Å². The van der Waals surface area contributed by atoms with E-state index in [0.29, 0.717) is 13.1 Å².